The van der Waals surface area contributed by atoms with Crippen molar-refractivity contribution in [2.45, 2.75) is 11.8 Å². The first-order valence-corrected chi connectivity index (χ1v) is 9.75. The topological polar surface area (TPSA) is 136 Å². The summed E-state index contributed by atoms with van der Waals surface area (Å²) in [6, 6.07) is 17.3. The second-order valence-corrected chi connectivity index (χ2v) is 7.75. The van der Waals surface area contributed by atoms with Crippen LogP contribution in [0.5, 0.6) is 5.88 Å². The number of nitrogens with zero attached hydrogens (tertiary/aromatic N) is 3. The molecule has 29 heavy (non-hydrogen) atoms. The van der Waals surface area contributed by atoms with Gasteiger partial charge in [-0.1, -0.05) is 48.0 Å². The molecule has 0 aliphatic carbocycles. The third-order valence-corrected chi connectivity index (χ3v) is 5.50. The molecule has 0 radical (unpaired) electrons. The highest BCUT2D eigenvalue weighted by molar-refractivity contribution is 7.92. The summed E-state index contributed by atoms with van der Waals surface area (Å²) in [4.78, 5) is 14.6. The molecule has 0 atom stereocenters. The summed E-state index contributed by atoms with van der Waals surface area (Å²) in [7, 11) is -4.26. The van der Waals surface area contributed by atoms with Crippen molar-refractivity contribution < 1.29 is 13.5 Å². The minimum absolute atomic E-state index is 0.0624. The van der Waals surface area contributed by atoms with Gasteiger partial charge in [0.1, 0.15) is 23.3 Å². The third-order valence-electron chi connectivity index (χ3n) is 4.18. The average Bonchev–Trinajstić information content (AvgIpc) is 2.72. The van der Waals surface area contributed by atoms with E-state index in [9.17, 15) is 28.8 Å². The van der Waals surface area contributed by atoms with Crippen molar-refractivity contribution in [1.82, 2.24) is 4.68 Å². The monoisotopic (exact) mass is 406 g/mol. The number of aromatic nitrogens is 1. The molecule has 2 aromatic carbocycles. The summed E-state index contributed by atoms with van der Waals surface area (Å²) in [6.07, 6.45) is 0. The van der Waals surface area contributed by atoms with Gasteiger partial charge < -0.3 is 5.11 Å². The van der Waals surface area contributed by atoms with E-state index < -0.39 is 32.6 Å². The van der Waals surface area contributed by atoms with Crippen LogP contribution in [-0.4, -0.2) is 18.2 Å². The third kappa shape index (κ3) is 3.55. The van der Waals surface area contributed by atoms with Crippen molar-refractivity contribution in [3.63, 3.8) is 0 Å². The lowest BCUT2D eigenvalue weighted by Gasteiger charge is -2.16. The predicted octanol–water partition coefficient (Wildman–Crippen LogP) is 2.21. The summed E-state index contributed by atoms with van der Waals surface area (Å²) >= 11 is 0. The highest BCUT2D eigenvalue weighted by atomic mass is 32.2. The quantitative estimate of drug-likeness (QED) is 0.682. The number of rotatable bonds is 4. The van der Waals surface area contributed by atoms with Crippen LogP contribution in [0.4, 0.5) is 0 Å². The van der Waals surface area contributed by atoms with Gasteiger partial charge in [0.25, 0.3) is 15.6 Å². The molecule has 0 spiro atoms. The van der Waals surface area contributed by atoms with Crippen LogP contribution in [0.3, 0.4) is 0 Å². The Morgan fingerprint density at radius 3 is 2.10 bits per heavy atom. The van der Waals surface area contributed by atoms with E-state index in [1.54, 1.807) is 42.5 Å². The normalized spacial score (nSPS) is 10.7. The van der Waals surface area contributed by atoms with Crippen LogP contribution >= 0.6 is 0 Å². The van der Waals surface area contributed by atoms with E-state index in [1.807, 2.05) is 11.8 Å². The number of aromatic hydroxyl groups is 1. The molecule has 0 saturated carbocycles. The van der Waals surface area contributed by atoms with Gasteiger partial charge in [0, 0.05) is 5.56 Å². The van der Waals surface area contributed by atoms with Crippen LogP contribution in [0.2, 0.25) is 0 Å². The van der Waals surface area contributed by atoms with Crippen LogP contribution < -0.4 is 10.4 Å². The Kier molecular flexibility index (Phi) is 5.09. The number of sulfonamides is 1. The first-order chi connectivity index (χ1) is 13.8. The number of nitrogens with one attached hydrogen (secondary N) is 1. The summed E-state index contributed by atoms with van der Waals surface area (Å²) in [5.74, 6) is -0.911. The van der Waals surface area contributed by atoms with Crippen LogP contribution in [0.25, 0.3) is 11.1 Å². The smallest absolute Gasteiger partial charge is 0.291 e. The Hall–Kier alpha value is -4.08. The Balaban J connectivity index is 2.27. The Morgan fingerprint density at radius 2 is 1.55 bits per heavy atom. The van der Waals surface area contributed by atoms with Gasteiger partial charge in [-0.25, -0.2) is 4.83 Å². The number of benzene rings is 2. The summed E-state index contributed by atoms with van der Waals surface area (Å²) in [5.41, 5.74) is -0.750. The largest absolute Gasteiger partial charge is 0.492 e. The molecule has 1 heterocycles. The minimum Gasteiger partial charge on any atom is -0.492 e. The molecule has 144 valence electrons. The first kappa shape index (κ1) is 19.7. The first-order valence-electron chi connectivity index (χ1n) is 8.27. The standard InChI is InChI=1S/C20H14N4O4S/c1-13-7-9-14(10-8-13)18-16(11-21)19(25)24(20(26)17(18)12-22)23-29(27,28)15-5-3-2-4-6-15/h2-10,23,25H,1H3. The van der Waals surface area contributed by atoms with Crippen molar-refractivity contribution in [1.29, 1.82) is 10.5 Å². The molecule has 0 aliphatic heterocycles. The molecule has 2 N–H and O–H groups in total. The number of hydrogen-bond acceptors (Lipinski definition) is 6. The molecule has 3 aromatic rings. The van der Waals surface area contributed by atoms with Crippen molar-refractivity contribution in [3.05, 3.63) is 81.6 Å². The van der Waals surface area contributed by atoms with Crippen LogP contribution in [0.1, 0.15) is 16.7 Å². The Bertz CT molecular complexity index is 1330. The van der Waals surface area contributed by atoms with Gasteiger partial charge in [-0.2, -0.15) is 23.6 Å². The lowest BCUT2D eigenvalue weighted by Crippen LogP contribution is -2.35. The molecule has 9 heteroatoms. The van der Waals surface area contributed by atoms with Gasteiger partial charge in [-0.05, 0) is 24.6 Å². The Labute approximate surface area is 166 Å². The lowest BCUT2D eigenvalue weighted by atomic mass is 9.96. The van der Waals surface area contributed by atoms with Crippen molar-refractivity contribution in [2.75, 3.05) is 4.83 Å². The van der Waals surface area contributed by atoms with Gasteiger partial charge in [0.2, 0.25) is 5.88 Å². The fraction of sp³-hybridized carbons (Fsp3) is 0.0500. The van der Waals surface area contributed by atoms with Gasteiger partial charge in [0.05, 0.1) is 4.90 Å². The van der Waals surface area contributed by atoms with Gasteiger partial charge in [0.15, 0.2) is 0 Å². The van der Waals surface area contributed by atoms with Gasteiger partial charge in [-0.15, -0.1) is 0 Å². The maximum atomic E-state index is 12.8. The minimum atomic E-state index is -4.26. The number of aryl methyl sites for hydroxylation is 1. The summed E-state index contributed by atoms with van der Waals surface area (Å²) in [6.45, 7) is 1.84. The molecule has 0 fully saturated rings. The van der Waals surface area contributed by atoms with Crippen LogP contribution in [-0.2, 0) is 10.0 Å². The highest BCUT2D eigenvalue weighted by Gasteiger charge is 2.25. The van der Waals surface area contributed by atoms with Crippen molar-refractivity contribution >= 4 is 10.0 Å². The van der Waals surface area contributed by atoms with E-state index in [2.05, 4.69) is 0 Å². The van der Waals surface area contributed by atoms with Crippen molar-refractivity contribution in [2.24, 2.45) is 0 Å². The molecule has 3 rings (SSSR count). The SMILES string of the molecule is Cc1ccc(-c2c(C#N)c(O)n(NS(=O)(=O)c3ccccc3)c(=O)c2C#N)cc1. The molecule has 0 amide bonds. The number of pyridine rings is 1. The summed E-state index contributed by atoms with van der Waals surface area (Å²) in [5, 5.41) is 29.6. The van der Waals surface area contributed by atoms with E-state index in [4.69, 9.17) is 0 Å². The van der Waals surface area contributed by atoms with E-state index in [-0.39, 0.29) is 15.1 Å². The number of nitriles is 2. The molecule has 0 bridgehead atoms. The fourth-order valence-corrected chi connectivity index (χ4v) is 3.77. The van der Waals surface area contributed by atoms with E-state index in [1.165, 1.54) is 24.3 Å². The van der Waals surface area contributed by atoms with E-state index in [0.29, 0.717) is 5.56 Å². The lowest BCUT2D eigenvalue weighted by molar-refractivity contribution is 0.426. The fourth-order valence-electron chi connectivity index (χ4n) is 2.74. The van der Waals surface area contributed by atoms with Gasteiger partial charge in [-0.3, -0.25) is 4.79 Å². The maximum absolute atomic E-state index is 12.8. The molecular weight excluding hydrogens is 392 g/mol. The molecular formula is C20H14N4O4S. The molecule has 0 unspecified atom stereocenters. The highest BCUT2D eigenvalue weighted by Crippen LogP contribution is 2.31. The zero-order chi connectivity index (χ0) is 21.2. The van der Waals surface area contributed by atoms with E-state index in [0.717, 1.165) is 5.56 Å². The second-order valence-electron chi connectivity index (χ2n) is 6.09. The molecule has 0 aliphatic rings. The zero-order valence-corrected chi connectivity index (χ0v) is 15.9. The Morgan fingerprint density at radius 1 is 0.966 bits per heavy atom. The predicted molar refractivity (Wildman–Crippen MR) is 105 cm³/mol. The van der Waals surface area contributed by atoms with Crippen LogP contribution in [0.15, 0.2) is 64.3 Å². The maximum Gasteiger partial charge on any atom is 0.291 e. The van der Waals surface area contributed by atoms with Gasteiger partial charge >= 0.3 is 0 Å². The molecule has 8 nitrogen and oxygen atoms in total. The second kappa shape index (κ2) is 7.50. The number of hydrogen-bond donors (Lipinski definition) is 2. The molecule has 0 saturated heterocycles. The van der Waals surface area contributed by atoms with E-state index >= 15 is 0 Å². The van der Waals surface area contributed by atoms with Crippen molar-refractivity contribution in [3.8, 4) is 29.1 Å². The zero-order valence-electron chi connectivity index (χ0n) is 15.1. The molecule has 1 aromatic heterocycles. The summed E-state index contributed by atoms with van der Waals surface area (Å²) < 4.78 is 25.4. The van der Waals surface area contributed by atoms with Crippen LogP contribution in [0, 0.1) is 29.6 Å². The average molecular weight is 406 g/mol.